The van der Waals surface area contributed by atoms with E-state index in [0.29, 0.717) is 6.04 Å². The van der Waals surface area contributed by atoms with Gasteiger partial charge in [-0.05, 0) is 49.4 Å². The summed E-state index contributed by atoms with van der Waals surface area (Å²) >= 11 is 0. The summed E-state index contributed by atoms with van der Waals surface area (Å²) in [4.78, 5) is 13.2. The number of hydrogen-bond acceptors (Lipinski definition) is 4. The van der Waals surface area contributed by atoms with Gasteiger partial charge in [-0.2, -0.15) is 0 Å². The summed E-state index contributed by atoms with van der Waals surface area (Å²) in [6.07, 6.45) is 7.08. The van der Waals surface area contributed by atoms with Crippen molar-refractivity contribution in [3.05, 3.63) is 71.8 Å². The van der Waals surface area contributed by atoms with Crippen molar-refractivity contribution in [3.8, 4) is 11.3 Å². The molecule has 0 spiro atoms. The van der Waals surface area contributed by atoms with E-state index in [1.807, 2.05) is 25.1 Å². The fraction of sp³-hybridized carbons (Fsp3) is 0.250. The van der Waals surface area contributed by atoms with E-state index in [4.69, 9.17) is 0 Å². The van der Waals surface area contributed by atoms with Crippen LogP contribution in [-0.4, -0.2) is 15.0 Å². The largest absolute Gasteiger partial charge is 0.363 e. The van der Waals surface area contributed by atoms with Crippen LogP contribution in [0.25, 0.3) is 11.3 Å². The first-order valence-electron chi connectivity index (χ1n) is 8.40. The van der Waals surface area contributed by atoms with E-state index >= 15 is 0 Å². The molecular weight excluding hydrogens is 296 g/mol. The number of benzene rings is 1. The lowest BCUT2D eigenvalue weighted by Crippen LogP contribution is -2.18. The highest BCUT2D eigenvalue weighted by atomic mass is 15.0. The lowest BCUT2D eigenvalue weighted by atomic mass is 9.88. The van der Waals surface area contributed by atoms with Gasteiger partial charge in [0.25, 0.3) is 0 Å². The Bertz CT molecular complexity index is 845. The van der Waals surface area contributed by atoms with Gasteiger partial charge in [-0.25, -0.2) is 9.97 Å². The van der Waals surface area contributed by atoms with Crippen molar-refractivity contribution in [2.75, 3.05) is 5.32 Å². The van der Waals surface area contributed by atoms with Crippen molar-refractivity contribution in [2.45, 2.75) is 32.2 Å². The number of aryl methyl sites for hydroxylation is 2. The first kappa shape index (κ1) is 14.8. The van der Waals surface area contributed by atoms with Gasteiger partial charge in [-0.15, -0.1) is 0 Å². The fourth-order valence-electron chi connectivity index (χ4n) is 3.39. The van der Waals surface area contributed by atoms with Crippen LogP contribution in [0.3, 0.4) is 0 Å². The standard InChI is InChI=1S/C20H20N4/c1-14-22-19(16-9-11-21-12-10-16)13-20(23-14)24-18-8-4-6-15-5-2-3-7-17(15)18/h2-3,5,7,9-13,18H,4,6,8H2,1H3,(H,22,23,24)/t18-/m1/s1. The summed E-state index contributed by atoms with van der Waals surface area (Å²) in [5, 5.41) is 3.62. The number of pyridine rings is 1. The molecule has 1 N–H and O–H groups in total. The lowest BCUT2D eigenvalue weighted by Gasteiger charge is -2.27. The van der Waals surface area contributed by atoms with Crippen LogP contribution in [0.4, 0.5) is 5.82 Å². The van der Waals surface area contributed by atoms with Crippen LogP contribution >= 0.6 is 0 Å². The van der Waals surface area contributed by atoms with Crippen molar-refractivity contribution < 1.29 is 0 Å². The molecule has 0 saturated carbocycles. The first-order chi connectivity index (χ1) is 11.8. The molecule has 0 bridgehead atoms. The minimum atomic E-state index is 0.314. The summed E-state index contributed by atoms with van der Waals surface area (Å²) in [5.74, 6) is 1.66. The Morgan fingerprint density at radius 3 is 2.75 bits per heavy atom. The summed E-state index contributed by atoms with van der Waals surface area (Å²) < 4.78 is 0. The number of hydrogen-bond donors (Lipinski definition) is 1. The molecule has 3 aromatic rings. The van der Waals surface area contributed by atoms with Gasteiger partial charge in [-0.3, -0.25) is 4.98 Å². The van der Waals surface area contributed by atoms with Gasteiger partial charge in [0.15, 0.2) is 0 Å². The zero-order valence-electron chi connectivity index (χ0n) is 13.7. The van der Waals surface area contributed by atoms with E-state index in [-0.39, 0.29) is 0 Å². The van der Waals surface area contributed by atoms with Gasteiger partial charge < -0.3 is 5.32 Å². The Kier molecular flexibility index (Phi) is 3.95. The third-order valence-electron chi connectivity index (χ3n) is 4.51. The second-order valence-electron chi connectivity index (χ2n) is 6.21. The van der Waals surface area contributed by atoms with Crippen LogP contribution in [0, 0.1) is 6.92 Å². The van der Waals surface area contributed by atoms with Crippen LogP contribution < -0.4 is 5.32 Å². The Morgan fingerprint density at radius 1 is 1.04 bits per heavy atom. The molecule has 4 nitrogen and oxygen atoms in total. The predicted octanol–water partition coefficient (Wildman–Crippen LogP) is 4.34. The van der Waals surface area contributed by atoms with E-state index in [0.717, 1.165) is 29.3 Å². The second kappa shape index (κ2) is 6.40. The zero-order chi connectivity index (χ0) is 16.4. The van der Waals surface area contributed by atoms with E-state index in [2.05, 4.69) is 44.5 Å². The Balaban J connectivity index is 1.65. The average Bonchev–Trinajstić information content (AvgIpc) is 2.62. The second-order valence-corrected chi connectivity index (χ2v) is 6.21. The molecule has 1 aliphatic rings. The van der Waals surface area contributed by atoms with Gasteiger partial charge in [0.05, 0.1) is 11.7 Å². The maximum Gasteiger partial charge on any atom is 0.130 e. The number of anilines is 1. The van der Waals surface area contributed by atoms with Gasteiger partial charge in [0.1, 0.15) is 11.6 Å². The summed E-state index contributed by atoms with van der Waals surface area (Å²) in [6, 6.07) is 15.0. The number of nitrogens with zero attached hydrogens (tertiary/aromatic N) is 3. The minimum Gasteiger partial charge on any atom is -0.363 e. The van der Waals surface area contributed by atoms with E-state index in [1.54, 1.807) is 12.4 Å². The van der Waals surface area contributed by atoms with Crippen LogP contribution in [0.15, 0.2) is 54.9 Å². The first-order valence-corrected chi connectivity index (χ1v) is 8.40. The molecule has 4 heteroatoms. The molecule has 2 aromatic heterocycles. The Hall–Kier alpha value is -2.75. The van der Waals surface area contributed by atoms with E-state index in [1.165, 1.54) is 24.0 Å². The fourth-order valence-corrected chi connectivity index (χ4v) is 3.39. The minimum absolute atomic E-state index is 0.314. The van der Waals surface area contributed by atoms with E-state index < -0.39 is 0 Å². The van der Waals surface area contributed by atoms with Gasteiger partial charge in [-0.1, -0.05) is 24.3 Å². The highest BCUT2D eigenvalue weighted by Crippen LogP contribution is 2.32. The van der Waals surface area contributed by atoms with E-state index in [9.17, 15) is 0 Å². The number of aromatic nitrogens is 3. The molecule has 0 amide bonds. The zero-order valence-corrected chi connectivity index (χ0v) is 13.7. The van der Waals surface area contributed by atoms with Crippen molar-refractivity contribution in [2.24, 2.45) is 0 Å². The number of rotatable bonds is 3. The van der Waals surface area contributed by atoms with Crippen LogP contribution in [0.1, 0.15) is 35.8 Å². The smallest absolute Gasteiger partial charge is 0.130 e. The third kappa shape index (κ3) is 3.00. The average molecular weight is 316 g/mol. The van der Waals surface area contributed by atoms with Gasteiger partial charge >= 0.3 is 0 Å². The molecule has 0 radical (unpaired) electrons. The molecule has 0 saturated heterocycles. The van der Waals surface area contributed by atoms with Crippen molar-refractivity contribution in [3.63, 3.8) is 0 Å². The SMILES string of the molecule is Cc1nc(N[C@@H]2CCCc3ccccc32)cc(-c2ccncc2)n1. The topological polar surface area (TPSA) is 50.7 Å². The van der Waals surface area contributed by atoms with Crippen LogP contribution in [0.5, 0.6) is 0 Å². The lowest BCUT2D eigenvalue weighted by molar-refractivity contribution is 0.598. The van der Waals surface area contributed by atoms with Crippen LogP contribution in [0.2, 0.25) is 0 Å². The summed E-state index contributed by atoms with van der Waals surface area (Å²) in [6.45, 7) is 1.94. The molecule has 1 atom stereocenters. The molecule has 0 aliphatic heterocycles. The molecule has 0 fully saturated rings. The Labute approximate surface area is 142 Å². The van der Waals surface area contributed by atoms with Gasteiger partial charge in [0.2, 0.25) is 0 Å². The monoisotopic (exact) mass is 316 g/mol. The molecule has 120 valence electrons. The van der Waals surface area contributed by atoms with Gasteiger partial charge in [0, 0.05) is 24.0 Å². The third-order valence-corrected chi connectivity index (χ3v) is 4.51. The van der Waals surface area contributed by atoms with Crippen molar-refractivity contribution in [1.29, 1.82) is 0 Å². The molecule has 4 rings (SSSR count). The maximum absolute atomic E-state index is 4.59. The summed E-state index contributed by atoms with van der Waals surface area (Å²) in [5.41, 5.74) is 4.82. The Morgan fingerprint density at radius 2 is 1.88 bits per heavy atom. The molecule has 1 aliphatic carbocycles. The predicted molar refractivity (Wildman–Crippen MR) is 95.7 cm³/mol. The number of nitrogens with one attached hydrogen (secondary N) is 1. The summed E-state index contributed by atoms with van der Waals surface area (Å²) in [7, 11) is 0. The number of fused-ring (bicyclic) bond motifs is 1. The van der Waals surface area contributed by atoms with Crippen molar-refractivity contribution >= 4 is 5.82 Å². The normalized spacial score (nSPS) is 16.5. The highest BCUT2D eigenvalue weighted by Gasteiger charge is 2.20. The quantitative estimate of drug-likeness (QED) is 0.781. The molecule has 24 heavy (non-hydrogen) atoms. The highest BCUT2D eigenvalue weighted by molar-refractivity contribution is 5.62. The molecular formula is C20H20N4. The van der Waals surface area contributed by atoms with Crippen LogP contribution in [-0.2, 0) is 6.42 Å². The molecule has 1 aromatic carbocycles. The maximum atomic E-state index is 4.59. The molecule has 0 unspecified atom stereocenters. The molecule has 2 heterocycles. The van der Waals surface area contributed by atoms with Crippen molar-refractivity contribution in [1.82, 2.24) is 15.0 Å².